The number of methoxy groups -OCH3 is 1. The topological polar surface area (TPSA) is 78.4 Å². The van der Waals surface area contributed by atoms with Crippen molar-refractivity contribution in [1.82, 2.24) is 5.43 Å². The fraction of sp³-hybridized carbons (Fsp3) is 0.188. The number of benzene rings is 4. The smallest absolute Gasteiger partial charge is 0.417 e. The molecule has 0 radical (unpaired) electrons. The lowest BCUT2D eigenvalue weighted by molar-refractivity contribution is -0.137. The zero-order valence-corrected chi connectivity index (χ0v) is 24.0. The van der Waals surface area contributed by atoms with Gasteiger partial charge in [0.1, 0.15) is 13.2 Å². The van der Waals surface area contributed by atoms with Crippen LogP contribution in [0.1, 0.15) is 39.5 Å². The van der Waals surface area contributed by atoms with Crippen LogP contribution in [0.25, 0.3) is 0 Å². The molecule has 0 bridgehead atoms. The molecule has 0 aromatic heterocycles. The third kappa shape index (κ3) is 8.42. The van der Waals surface area contributed by atoms with Gasteiger partial charge in [0, 0.05) is 0 Å². The predicted octanol–water partition coefficient (Wildman–Crippen LogP) is 7.69. The normalized spacial score (nSPS) is 11.3. The summed E-state index contributed by atoms with van der Waals surface area (Å²) in [5.74, 6) is 0.721. The first-order valence-electron chi connectivity index (χ1n) is 13.1. The summed E-state index contributed by atoms with van der Waals surface area (Å²) in [4.78, 5) is 12.3. The van der Waals surface area contributed by atoms with Crippen molar-refractivity contribution in [2.75, 3.05) is 13.7 Å². The van der Waals surface area contributed by atoms with E-state index in [1.54, 1.807) is 6.07 Å². The molecular weight excluding hydrogens is 585 g/mol. The Bertz CT molecular complexity index is 1580. The molecule has 0 atom stereocenters. The van der Waals surface area contributed by atoms with Crippen molar-refractivity contribution < 1.29 is 36.9 Å². The molecule has 0 unspecified atom stereocenters. The number of hydrazone groups is 1. The average molecular weight is 613 g/mol. The van der Waals surface area contributed by atoms with Crippen LogP contribution < -0.4 is 24.4 Å². The minimum Gasteiger partial charge on any atom is -0.493 e. The number of ether oxygens (including phenoxy) is 4. The van der Waals surface area contributed by atoms with Crippen molar-refractivity contribution in [1.29, 1.82) is 0 Å². The summed E-state index contributed by atoms with van der Waals surface area (Å²) in [6.45, 7) is 2.86. The van der Waals surface area contributed by atoms with E-state index < -0.39 is 23.2 Å². The molecule has 0 aliphatic rings. The van der Waals surface area contributed by atoms with Gasteiger partial charge in [-0.05, 0) is 60.0 Å². The van der Waals surface area contributed by atoms with E-state index in [-0.39, 0.29) is 23.1 Å². The van der Waals surface area contributed by atoms with Gasteiger partial charge in [-0.3, -0.25) is 4.79 Å². The van der Waals surface area contributed by atoms with Crippen LogP contribution in [-0.4, -0.2) is 25.8 Å². The summed E-state index contributed by atoms with van der Waals surface area (Å²) in [5.41, 5.74) is 2.74. The molecule has 11 heteroatoms. The van der Waals surface area contributed by atoms with Gasteiger partial charge in [-0.1, -0.05) is 60.1 Å². The van der Waals surface area contributed by atoms with Gasteiger partial charge in [0.15, 0.2) is 23.0 Å². The SMILES string of the molecule is CCOc1cc(COc2c(Cl)cc(/C=N/NC(=O)c3ccccc3C(F)(F)F)cc2OC)ccc1OCc1ccccc1. The summed E-state index contributed by atoms with van der Waals surface area (Å²) in [6, 6.07) is 22.8. The number of carbonyl (C=O) groups excluding carboxylic acids is 1. The first-order chi connectivity index (χ1) is 20.7. The van der Waals surface area contributed by atoms with E-state index in [4.69, 9.17) is 30.5 Å². The van der Waals surface area contributed by atoms with Crippen LogP contribution in [0, 0.1) is 0 Å². The zero-order chi connectivity index (χ0) is 30.8. The lowest BCUT2D eigenvalue weighted by Crippen LogP contribution is -2.22. The second kappa shape index (κ2) is 14.5. The second-order valence-corrected chi connectivity index (χ2v) is 9.46. The Kier molecular flexibility index (Phi) is 10.5. The quantitative estimate of drug-likeness (QED) is 0.131. The summed E-state index contributed by atoms with van der Waals surface area (Å²) >= 11 is 6.47. The first-order valence-corrected chi connectivity index (χ1v) is 13.5. The second-order valence-electron chi connectivity index (χ2n) is 9.05. The molecule has 4 aromatic rings. The molecule has 0 fully saturated rings. The standard InChI is InChI=1S/C32H28ClF3N2O5/c1-3-41-28-16-22(13-14-27(28)42-19-21-9-5-4-6-10-21)20-43-30-26(33)15-23(17-29(30)40-2)18-37-38-31(39)24-11-7-8-12-25(24)32(34,35)36/h4-18H,3,19-20H2,1-2H3,(H,38,39)/b37-18+. The van der Waals surface area contributed by atoms with Crippen molar-refractivity contribution in [3.63, 3.8) is 0 Å². The molecule has 1 N–H and O–H groups in total. The molecule has 0 saturated heterocycles. The molecular formula is C32H28ClF3N2O5. The predicted molar refractivity (Wildman–Crippen MR) is 157 cm³/mol. The van der Waals surface area contributed by atoms with Gasteiger partial charge in [0.25, 0.3) is 5.91 Å². The number of alkyl halides is 3. The van der Waals surface area contributed by atoms with Gasteiger partial charge in [-0.15, -0.1) is 0 Å². The first kappa shape index (κ1) is 31.2. The number of rotatable bonds is 12. The summed E-state index contributed by atoms with van der Waals surface area (Å²) in [6.07, 6.45) is -3.45. The van der Waals surface area contributed by atoms with E-state index in [2.05, 4.69) is 10.5 Å². The van der Waals surface area contributed by atoms with E-state index in [1.165, 1.54) is 31.5 Å². The monoisotopic (exact) mass is 612 g/mol. The number of hydrogen-bond donors (Lipinski definition) is 1. The maximum atomic E-state index is 13.2. The minimum atomic E-state index is -4.68. The Balaban J connectivity index is 1.43. The van der Waals surface area contributed by atoms with Crippen LogP contribution in [0.2, 0.25) is 5.02 Å². The van der Waals surface area contributed by atoms with E-state index in [9.17, 15) is 18.0 Å². The highest BCUT2D eigenvalue weighted by Crippen LogP contribution is 2.37. The number of amides is 1. The van der Waals surface area contributed by atoms with Crippen molar-refractivity contribution in [3.8, 4) is 23.0 Å². The molecule has 1 amide bonds. The van der Waals surface area contributed by atoms with Crippen LogP contribution in [-0.2, 0) is 19.4 Å². The molecule has 43 heavy (non-hydrogen) atoms. The molecule has 0 aliphatic heterocycles. The summed E-state index contributed by atoms with van der Waals surface area (Å²) < 4.78 is 62.8. The van der Waals surface area contributed by atoms with Gasteiger partial charge in [-0.25, -0.2) is 5.43 Å². The Hall–Kier alpha value is -4.70. The number of nitrogens with one attached hydrogen (secondary N) is 1. The molecule has 224 valence electrons. The number of carbonyl (C=O) groups is 1. The number of halogens is 4. The largest absolute Gasteiger partial charge is 0.493 e. The van der Waals surface area contributed by atoms with Crippen LogP contribution in [0.3, 0.4) is 0 Å². The maximum absolute atomic E-state index is 13.2. The highest BCUT2D eigenvalue weighted by atomic mass is 35.5. The fourth-order valence-corrected chi connectivity index (χ4v) is 4.30. The number of nitrogens with zero attached hydrogens (tertiary/aromatic N) is 1. The fourth-order valence-electron chi connectivity index (χ4n) is 4.03. The maximum Gasteiger partial charge on any atom is 0.417 e. The van der Waals surface area contributed by atoms with Crippen LogP contribution in [0.5, 0.6) is 23.0 Å². The molecule has 0 saturated carbocycles. The van der Waals surface area contributed by atoms with Crippen molar-refractivity contribution >= 4 is 23.7 Å². The van der Waals surface area contributed by atoms with E-state index in [0.717, 1.165) is 23.3 Å². The molecule has 0 aliphatic carbocycles. The minimum absolute atomic E-state index is 0.136. The van der Waals surface area contributed by atoms with Crippen molar-refractivity contribution in [2.45, 2.75) is 26.3 Å². The van der Waals surface area contributed by atoms with Crippen molar-refractivity contribution in [3.05, 3.63) is 118 Å². The highest BCUT2D eigenvalue weighted by molar-refractivity contribution is 6.32. The Labute approximate surface area is 251 Å². The number of hydrogen-bond acceptors (Lipinski definition) is 6. The lowest BCUT2D eigenvalue weighted by Gasteiger charge is -2.16. The third-order valence-corrected chi connectivity index (χ3v) is 6.32. The van der Waals surface area contributed by atoms with Gasteiger partial charge < -0.3 is 18.9 Å². The van der Waals surface area contributed by atoms with E-state index in [1.807, 2.05) is 55.5 Å². The highest BCUT2D eigenvalue weighted by Gasteiger charge is 2.34. The van der Waals surface area contributed by atoms with Gasteiger partial charge in [-0.2, -0.15) is 18.3 Å². The zero-order valence-electron chi connectivity index (χ0n) is 23.3. The summed E-state index contributed by atoms with van der Waals surface area (Å²) in [5, 5.41) is 3.97. The van der Waals surface area contributed by atoms with E-state index in [0.29, 0.717) is 30.3 Å². The van der Waals surface area contributed by atoms with Crippen LogP contribution in [0.4, 0.5) is 13.2 Å². The summed E-state index contributed by atoms with van der Waals surface area (Å²) in [7, 11) is 1.43. The van der Waals surface area contributed by atoms with Gasteiger partial charge in [0.05, 0.1) is 36.1 Å². The molecule has 7 nitrogen and oxygen atoms in total. The molecule has 4 aromatic carbocycles. The Morgan fingerprint density at radius 2 is 1.58 bits per heavy atom. The average Bonchev–Trinajstić information content (AvgIpc) is 3.00. The molecule has 4 rings (SSSR count). The van der Waals surface area contributed by atoms with Crippen LogP contribution in [0.15, 0.2) is 90.0 Å². The van der Waals surface area contributed by atoms with Crippen LogP contribution >= 0.6 is 11.6 Å². The van der Waals surface area contributed by atoms with E-state index >= 15 is 0 Å². The van der Waals surface area contributed by atoms with Gasteiger partial charge in [0.2, 0.25) is 0 Å². The lowest BCUT2D eigenvalue weighted by atomic mass is 10.1. The van der Waals surface area contributed by atoms with Gasteiger partial charge >= 0.3 is 6.18 Å². The Morgan fingerprint density at radius 1 is 0.860 bits per heavy atom. The molecule has 0 spiro atoms. The molecule has 0 heterocycles. The Morgan fingerprint density at radius 3 is 2.30 bits per heavy atom. The van der Waals surface area contributed by atoms with Crippen molar-refractivity contribution in [2.24, 2.45) is 5.10 Å². The third-order valence-electron chi connectivity index (χ3n) is 6.04.